The first kappa shape index (κ1) is 17.8. The predicted molar refractivity (Wildman–Crippen MR) is 93.3 cm³/mol. The summed E-state index contributed by atoms with van der Waals surface area (Å²) in [6.45, 7) is 0.405. The fraction of sp³-hybridized carbons (Fsp3) is 0.158. The van der Waals surface area contributed by atoms with Crippen molar-refractivity contribution in [2.75, 3.05) is 18.9 Å². The van der Waals surface area contributed by atoms with E-state index < -0.39 is 5.82 Å². The third kappa shape index (κ3) is 4.73. The Morgan fingerprint density at radius 1 is 1.15 bits per heavy atom. The van der Waals surface area contributed by atoms with Crippen LogP contribution in [0.25, 0.3) is 11.3 Å². The summed E-state index contributed by atoms with van der Waals surface area (Å²) >= 11 is 0. The van der Waals surface area contributed by atoms with E-state index in [9.17, 15) is 13.6 Å². The standard InChI is InChI=1S/C19H17F2N3O2/c1-24(11-18(25)23-16-4-2-3-15(21)9-16)12-19-22-10-17(26-19)13-5-7-14(20)8-6-13/h2-10H,11-12H2,1H3,(H,23,25). The summed E-state index contributed by atoms with van der Waals surface area (Å²) in [5.74, 6) is -0.0480. The Labute approximate surface area is 149 Å². The third-order valence-electron chi connectivity index (χ3n) is 3.61. The van der Waals surface area contributed by atoms with Crippen LogP contribution in [-0.2, 0) is 11.3 Å². The van der Waals surface area contributed by atoms with Gasteiger partial charge >= 0.3 is 0 Å². The summed E-state index contributed by atoms with van der Waals surface area (Å²) in [7, 11) is 1.74. The second kappa shape index (κ2) is 7.88. The molecule has 0 radical (unpaired) electrons. The Kier molecular flexibility index (Phi) is 5.38. The molecule has 1 heterocycles. The maximum absolute atomic E-state index is 13.1. The van der Waals surface area contributed by atoms with Crippen molar-refractivity contribution in [3.05, 3.63) is 72.3 Å². The van der Waals surface area contributed by atoms with Gasteiger partial charge in [-0.3, -0.25) is 9.69 Å². The fourth-order valence-corrected chi connectivity index (χ4v) is 2.43. The Morgan fingerprint density at radius 2 is 1.92 bits per heavy atom. The highest BCUT2D eigenvalue weighted by Crippen LogP contribution is 2.21. The molecule has 0 aliphatic rings. The Balaban J connectivity index is 1.55. The molecule has 5 nitrogen and oxygen atoms in total. The van der Waals surface area contributed by atoms with E-state index in [1.54, 1.807) is 36.3 Å². The van der Waals surface area contributed by atoms with Gasteiger partial charge in [0.25, 0.3) is 0 Å². The Morgan fingerprint density at radius 3 is 2.65 bits per heavy atom. The number of hydrogen-bond donors (Lipinski definition) is 1. The van der Waals surface area contributed by atoms with Crippen molar-refractivity contribution >= 4 is 11.6 Å². The molecule has 0 aliphatic heterocycles. The average Bonchev–Trinajstić information content (AvgIpc) is 3.03. The van der Waals surface area contributed by atoms with Gasteiger partial charge in [0.15, 0.2) is 5.76 Å². The van der Waals surface area contributed by atoms with E-state index in [4.69, 9.17) is 4.42 Å². The maximum atomic E-state index is 13.1. The van der Waals surface area contributed by atoms with Gasteiger partial charge in [0.1, 0.15) is 11.6 Å². The van der Waals surface area contributed by atoms with Crippen molar-refractivity contribution in [3.8, 4) is 11.3 Å². The van der Waals surface area contributed by atoms with E-state index in [0.29, 0.717) is 23.9 Å². The number of benzene rings is 2. The van der Waals surface area contributed by atoms with Crippen LogP contribution in [0.3, 0.4) is 0 Å². The van der Waals surface area contributed by atoms with Crippen molar-refractivity contribution in [2.24, 2.45) is 0 Å². The quantitative estimate of drug-likeness (QED) is 0.731. The fourth-order valence-electron chi connectivity index (χ4n) is 2.43. The van der Waals surface area contributed by atoms with Crippen LogP contribution < -0.4 is 5.32 Å². The number of amides is 1. The van der Waals surface area contributed by atoms with Gasteiger partial charge in [-0.1, -0.05) is 6.07 Å². The van der Waals surface area contributed by atoms with E-state index >= 15 is 0 Å². The Bertz CT molecular complexity index is 894. The number of carbonyl (C=O) groups excluding carboxylic acids is 1. The van der Waals surface area contributed by atoms with Crippen LogP contribution >= 0.6 is 0 Å². The van der Waals surface area contributed by atoms with E-state index in [0.717, 1.165) is 5.56 Å². The number of oxazole rings is 1. The number of rotatable bonds is 6. The molecule has 134 valence electrons. The van der Waals surface area contributed by atoms with Gasteiger partial charge in [0.2, 0.25) is 11.8 Å². The maximum Gasteiger partial charge on any atom is 0.238 e. The van der Waals surface area contributed by atoms with Gasteiger partial charge in [0.05, 0.1) is 19.3 Å². The zero-order valence-electron chi connectivity index (χ0n) is 14.1. The molecule has 1 amide bonds. The van der Waals surface area contributed by atoms with Crippen LogP contribution in [0.4, 0.5) is 14.5 Å². The largest absolute Gasteiger partial charge is 0.439 e. The summed E-state index contributed by atoms with van der Waals surface area (Å²) in [4.78, 5) is 17.9. The molecule has 0 fully saturated rings. The van der Waals surface area contributed by atoms with Crippen molar-refractivity contribution in [1.82, 2.24) is 9.88 Å². The van der Waals surface area contributed by atoms with Gasteiger partial charge in [-0.05, 0) is 49.5 Å². The van der Waals surface area contributed by atoms with Crippen LogP contribution in [0.1, 0.15) is 5.89 Å². The SMILES string of the molecule is CN(CC(=O)Nc1cccc(F)c1)Cc1ncc(-c2ccc(F)cc2)o1. The third-order valence-corrected chi connectivity index (χ3v) is 3.61. The van der Waals surface area contributed by atoms with Crippen LogP contribution in [0.2, 0.25) is 0 Å². The molecule has 0 saturated carbocycles. The molecule has 2 aromatic carbocycles. The summed E-state index contributed by atoms with van der Waals surface area (Å²) in [5.41, 5.74) is 1.12. The smallest absolute Gasteiger partial charge is 0.238 e. The first-order valence-electron chi connectivity index (χ1n) is 7.94. The highest BCUT2D eigenvalue weighted by molar-refractivity contribution is 5.92. The highest BCUT2D eigenvalue weighted by Gasteiger charge is 2.12. The number of nitrogens with zero attached hydrogens (tertiary/aromatic N) is 2. The van der Waals surface area contributed by atoms with Crippen molar-refractivity contribution in [2.45, 2.75) is 6.54 Å². The average molecular weight is 357 g/mol. The summed E-state index contributed by atoms with van der Waals surface area (Å²) in [5, 5.41) is 2.63. The van der Waals surface area contributed by atoms with E-state index in [1.165, 1.54) is 30.3 Å². The van der Waals surface area contributed by atoms with Crippen LogP contribution in [-0.4, -0.2) is 29.4 Å². The molecule has 3 aromatic rings. The predicted octanol–water partition coefficient (Wildman–Crippen LogP) is 3.69. The number of carbonyl (C=O) groups is 1. The molecular formula is C19H17F2N3O2. The molecule has 1 aromatic heterocycles. The number of likely N-dealkylation sites (N-methyl/N-ethyl adjacent to an activating group) is 1. The number of anilines is 1. The lowest BCUT2D eigenvalue weighted by atomic mass is 10.2. The molecule has 0 saturated heterocycles. The summed E-state index contributed by atoms with van der Waals surface area (Å²) in [6.07, 6.45) is 1.56. The lowest BCUT2D eigenvalue weighted by molar-refractivity contribution is -0.117. The monoisotopic (exact) mass is 357 g/mol. The molecule has 1 N–H and O–H groups in total. The minimum absolute atomic E-state index is 0.0881. The molecule has 7 heteroatoms. The lowest BCUT2D eigenvalue weighted by Gasteiger charge is -2.14. The summed E-state index contributed by atoms with van der Waals surface area (Å²) in [6, 6.07) is 11.6. The normalized spacial score (nSPS) is 10.9. The number of nitrogens with one attached hydrogen (secondary N) is 1. The Hall–Kier alpha value is -3.06. The molecule has 0 aliphatic carbocycles. The van der Waals surface area contributed by atoms with E-state index in [-0.39, 0.29) is 18.3 Å². The van der Waals surface area contributed by atoms with Crippen molar-refractivity contribution in [3.63, 3.8) is 0 Å². The molecule has 0 atom stereocenters. The first-order chi connectivity index (χ1) is 12.5. The van der Waals surface area contributed by atoms with Crippen LogP contribution in [0.15, 0.2) is 59.1 Å². The molecule has 26 heavy (non-hydrogen) atoms. The zero-order chi connectivity index (χ0) is 18.5. The molecule has 0 bridgehead atoms. The van der Waals surface area contributed by atoms with Crippen LogP contribution in [0.5, 0.6) is 0 Å². The van der Waals surface area contributed by atoms with E-state index in [2.05, 4.69) is 10.3 Å². The van der Waals surface area contributed by atoms with E-state index in [1.807, 2.05) is 0 Å². The highest BCUT2D eigenvalue weighted by atomic mass is 19.1. The minimum Gasteiger partial charge on any atom is -0.439 e. The van der Waals surface area contributed by atoms with Gasteiger partial charge in [-0.15, -0.1) is 0 Å². The van der Waals surface area contributed by atoms with Crippen LogP contribution in [0, 0.1) is 11.6 Å². The number of hydrogen-bond acceptors (Lipinski definition) is 4. The molecule has 0 unspecified atom stereocenters. The second-order valence-electron chi connectivity index (χ2n) is 5.86. The first-order valence-corrected chi connectivity index (χ1v) is 7.94. The molecular weight excluding hydrogens is 340 g/mol. The second-order valence-corrected chi connectivity index (χ2v) is 5.86. The topological polar surface area (TPSA) is 58.4 Å². The van der Waals surface area contributed by atoms with Gasteiger partial charge in [0, 0.05) is 11.3 Å². The van der Waals surface area contributed by atoms with Gasteiger partial charge in [-0.2, -0.15) is 0 Å². The van der Waals surface area contributed by atoms with Gasteiger partial charge < -0.3 is 9.73 Å². The lowest BCUT2D eigenvalue weighted by Crippen LogP contribution is -2.29. The minimum atomic E-state index is -0.413. The molecule has 3 rings (SSSR count). The summed E-state index contributed by atoms with van der Waals surface area (Å²) < 4.78 is 31.7. The zero-order valence-corrected chi connectivity index (χ0v) is 14.1. The molecule has 0 spiro atoms. The van der Waals surface area contributed by atoms with Gasteiger partial charge in [-0.25, -0.2) is 13.8 Å². The van der Waals surface area contributed by atoms with Crippen molar-refractivity contribution in [1.29, 1.82) is 0 Å². The van der Waals surface area contributed by atoms with Crippen molar-refractivity contribution < 1.29 is 18.0 Å². The number of aromatic nitrogens is 1. The number of halogens is 2.